The van der Waals surface area contributed by atoms with E-state index in [-0.39, 0.29) is 25.7 Å². The van der Waals surface area contributed by atoms with Crippen LogP contribution < -0.4 is 5.32 Å². The largest absolute Gasteiger partial charge is 0.480 e. The van der Waals surface area contributed by atoms with E-state index in [0.29, 0.717) is 5.69 Å². The van der Waals surface area contributed by atoms with Gasteiger partial charge < -0.3 is 19.7 Å². The highest BCUT2D eigenvalue weighted by Crippen LogP contribution is 1.92. The summed E-state index contributed by atoms with van der Waals surface area (Å²) in [6, 6.07) is 0. The average Bonchev–Trinajstić information content (AvgIpc) is 2.63. The summed E-state index contributed by atoms with van der Waals surface area (Å²) in [6.45, 7) is 0.0486. The lowest BCUT2D eigenvalue weighted by atomic mass is 10.4. The number of hydrogen-bond acceptors (Lipinski definition) is 4. The van der Waals surface area contributed by atoms with E-state index in [0.717, 1.165) is 0 Å². The maximum absolute atomic E-state index is 11.4. The quantitative estimate of drug-likeness (QED) is 0.624. The van der Waals surface area contributed by atoms with Crippen molar-refractivity contribution < 1.29 is 19.4 Å². The van der Waals surface area contributed by atoms with Gasteiger partial charge in [-0.3, -0.25) is 4.79 Å². The van der Waals surface area contributed by atoms with Gasteiger partial charge in [0.05, 0.1) is 12.9 Å². The molecule has 0 saturated heterocycles. The summed E-state index contributed by atoms with van der Waals surface area (Å²) in [4.78, 5) is 25.4. The molecule has 0 aliphatic heterocycles. The van der Waals surface area contributed by atoms with Gasteiger partial charge in [0, 0.05) is 19.8 Å². The van der Waals surface area contributed by atoms with Gasteiger partial charge >= 0.3 is 5.97 Å². The summed E-state index contributed by atoms with van der Waals surface area (Å²) in [5.41, 5.74) is 0.320. The van der Waals surface area contributed by atoms with Crippen LogP contribution in [-0.2, 0) is 16.6 Å². The maximum atomic E-state index is 11.4. The summed E-state index contributed by atoms with van der Waals surface area (Å²) in [6.07, 6.45) is 3.11. The summed E-state index contributed by atoms with van der Waals surface area (Å²) < 4.78 is 6.41. The Morgan fingerprint density at radius 3 is 2.94 bits per heavy atom. The highest BCUT2D eigenvalue weighted by atomic mass is 16.5. The van der Waals surface area contributed by atoms with E-state index in [2.05, 4.69) is 10.3 Å². The van der Waals surface area contributed by atoms with Crippen LogP contribution in [0.15, 0.2) is 12.5 Å². The zero-order chi connectivity index (χ0) is 12.0. The predicted octanol–water partition coefficient (Wildman–Crippen LogP) is -0.749. The van der Waals surface area contributed by atoms with Crippen molar-refractivity contribution >= 4 is 11.9 Å². The number of nitrogens with zero attached hydrogens (tertiary/aromatic N) is 2. The van der Waals surface area contributed by atoms with Gasteiger partial charge in [-0.1, -0.05) is 0 Å². The monoisotopic (exact) mass is 227 g/mol. The van der Waals surface area contributed by atoms with Crippen LogP contribution in [0.1, 0.15) is 10.5 Å². The third-order valence-corrected chi connectivity index (χ3v) is 1.70. The minimum atomic E-state index is -1.03. The van der Waals surface area contributed by atoms with Crippen molar-refractivity contribution in [3.63, 3.8) is 0 Å². The zero-order valence-corrected chi connectivity index (χ0v) is 8.84. The van der Waals surface area contributed by atoms with Crippen molar-refractivity contribution in [3.8, 4) is 0 Å². The SMILES string of the molecule is Cn1cnc(C(=O)NCCOCC(=O)O)c1. The molecule has 7 heteroatoms. The van der Waals surface area contributed by atoms with Crippen molar-refractivity contribution in [2.24, 2.45) is 7.05 Å². The Hall–Kier alpha value is -1.89. The highest BCUT2D eigenvalue weighted by Gasteiger charge is 2.07. The minimum absolute atomic E-state index is 0.158. The Kier molecular flexibility index (Phi) is 4.46. The van der Waals surface area contributed by atoms with Crippen LogP contribution in [0.4, 0.5) is 0 Å². The molecule has 0 fully saturated rings. The van der Waals surface area contributed by atoms with Gasteiger partial charge in [-0.05, 0) is 0 Å². The van der Waals surface area contributed by atoms with Crippen LogP contribution in [0, 0.1) is 0 Å². The fourth-order valence-corrected chi connectivity index (χ4v) is 1.02. The highest BCUT2D eigenvalue weighted by molar-refractivity contribution is 5.91. The van der Waals surface area contributed by atoms with Crippen molar-refractivity contribution in [2.45, 2.75) is 0 Å². The lowest BCUT2D eigenvalue weighted by Crippen LogP contribution is -2.28. The fraction of sp³-hybridized carbons (Fsp3) is 0.444. The molecular formula is C9H13N3O4. The number of carbonyl (C=O) groups is 2. The second kappa shape index (κ2) is 5.86. The van der Waals surface area contributed by atoms with Crippen molar-refractivity contribution in [2.75, 3.05) is 19.8 Å². The van der Waals surface area contributed by atoms with Crippen molar-refractivity contribution in [1.29, 1.82) is 0 Å². The van der Waals surface area contributed by atoms with E-state index in [1.807, 2.05) is 0 Å². The van der Waals surface area contributed by atoms with Crippen LogP contribution >= 0.6 is 0 Å². The second-order valence-electron chi connectivity index (χ2n) is 3.13. The number of amides is 1. The van der Waals surface area contributed by atoms with Gasteiger partial charge in [-0.2, -0.15) is 0 Å². The van der Waals surface area contributed by atoms with Gasteiger partial charge in [0.25, 0.3) is 5.91 Å². The molecular weight excluding hydrogens is 214 g/mol. The molecule has 1 aromatic heterocycles. The summed E-state index contributed by atoms with van der Waals surface area (Å²) in [7, 11) is 1.76. The molecule has 0 bridgehead atoms. The molecule has 0 aliphatic rings. The van der Waals surface area contributed by atoms with E-state index >= 15 is 0 Å². The number of carboxylic acids is 1. The number of nitrogens with one attached hydrogen (secondary N) is 1. The van der Waals surface area contributed by atoms with Crippen LogP contribution in [0.25, 0.3) is 0 Å². The van der Waals surface area contributed by atoms with E-state index in [1.165, 1.54) is 6.33 Å². The Balaban J connectivity index is 2.18. The molecule has 0 aliphatic carbocycles. The lowest BCUT2D eigenvalue weighted by molar-refractivity contribution is -0.142. The molecule has 1 amide bonds. The third-order valence-electron chi connectivity index (χ3n) is 1.70. The molecule has 0 radical (unpaired) electrons. The van der Waals surface area contributed by atoms with Gasteiger partial charge in [0.15, 0.2) is 0 Å². The van der Waals surface area contributed by atoms with Gasteiger partial charge in [0.2, 0.25) is 0 Å². The first-order valence-corrected chi connectivity index (χ1v) is 4.65. The molecule has 1 aromatic rings. The van der Waals surface area contributed by atoms with E-state index in [1.54, 1.807) is 17.8 Å². The maximum Gasteiger partial charge on any atom is 0.329 e. The number of rotatable bonds is 6. The van der Waals surface area contributed by atoms with Gasteiger partial charge in [0.1, 0.15) is 12.3 Å². The lowest BCUT2D eigenvalue weighted by Gasteiger charge is -2.02. The molecule has 0 aromatic carbocycles. The number of ether oxygens (including phenoxy) is 1. The first-order valence-electron chi connectivity index (χ1n) is 4.65. The van der Waals surface area contributed by atoms with Crippen molar-refractivity contribution in [1.82, 2.24) is 14.9 Å². The first-order chi connectivity index (χ1) is 7.59. The molecule has 0 unspecified atom stereocenters. The molecule has 88 valence electrons. The molecule has 0 spiro atoms. The van der Waals surface area contributed by atoms with Gasteiger partial charge in [-0.25, -0.2) is 9.78 Å². The second-order valence-corrected chi connectivity index (χ2v) is 3.13. The van der Waals surface area contributed by atoms with E-state index in [4.69, 9.17) is 9.84 Å². The summed E-state index contributed by atoms with van der Waals surface area (Å²) in [5.74, 6) is -1.34. The van der Waals surface area contributed by atoms with Crippen LogP contribution in [0.3, 0.4) is 0 Å². The fourth-order valence-electron chi connectivity index (χ4n) is 1.02. The smallest absolute Gasteiger partial charge is 0.329 e. The molecule has 16 heavy (non-hydrogen) atoms. The number of carboxylic acid groups (broad SMARTS) is 1. The summed E-state index contributed by atoms with van der Waals surface area (Å²) >= 11 is 0. The number of aliphatic carboxylic acids is 1. The first kappa shape index (κ1) is 12.2. The Morgan fingerprint density at radius 1 is 1.62 bits per heavy atom. The molecule has 1 heterocycles. The molecule has 0 saturated carbocycles. The molecule has 1 rings (SSSR count). The van der Waals surface area contributed by atoms with Crippen LogP contribution in [0.2, 0.25) is 0 Å². The van der Waals surface area contributed by atoms with Gasteiger partial charge in [-0.15, -0.1) is 0 Å². The Labute approximate surface area is 92.0 Å². The normalized spacial score (nSPS) is 10.1. The number of hydrogen-bond donors (Lipinski definition) is 2. The number of imidazole rings is 1. The number of carbonyl (C=O) groups excluding carboxylic acids is 1. The Bertz CT molecular complexity index is 375. The minimum Gasteiger partial charge on any atom is -0.480 e. The molecule has 2 N–H and O–H groups in total. The van der Waals surface area contributed by atoms with Crippen LogP contribution in [-0.4, -0.2) is 46.3 Å². The standard InChI is InChI=1S/C9H13N3O4/c1-12-4-7(11-6-12)9(15)10-2-3-16-5-8(13)14/h4,6H,2-3,5H2,1H3,(H,10,15)(H,13,14). The van der Waals surface area contributed by atoms with Crippen LogP contribution in [0.5, 0.6) is 0 Å². The number of aromatic nitrogens is 2. The summed E-state index contributed by atoms with van der Waals surface area (Å²) in [5, 5.41) is 10.8. The molecule has 0 atom stereocenters. The number of aryl methyl sites for hydroxylation is 1. The third kappa shape index (κ3) is 4.09. The van der Waals surface area contributed by atoms with E-state index < -0.39 is 5.97 Å². The Morgan fingerprint density at radius 2 is 2.38 bits per heavy atom. The topological polar surface area (TPSA) is 93.5 Å². The van der Waals surface area contributed by atoms with Crippen molar-refractivity contribution in [3.05, 3.63) is 18.2 Å². The molecule has 7 nitrogen and oxygen atoms in total. The van der Waals surface area contributed by atoms with E-state index in [9.17, 15) is 9.59 Å². The predicted molar refractivity (Wildman–Crippen MR) is 54.0 cm³/mol. The average molecular weight is 227 g/mol. The zero-order valence-electron chi connectivity index (χ0n) is 8.84.